The summed E-state index contributed by atoms with van der Waals surface area (Å²) in [5.41, 5.74) is 1.44. The molecule has 1 aromatic carbocycles. The lowest BCUT2D eigenvalue weighted by Gasteiger charge is -2.16. The maximum Gasteiger partial charge on any atom is 0.321 e. The van der Waals surface area contributed by atoms with Crippen molar-refractivity contribution >= 4 is 69.2 Å². The Labute approximate surface area is 229 Å². The number of carbonyl (C=O) groups excluding carboxylic acids is 3. The summed E-state index contributed by atoms with van der Waals surface area (Å²) in [5, 5.41) is 14.8. The number of anilines is 4. The van der Waals surface area contributed by atoms with Gasteiger partial charge in [-0.1, -0.05) is 6.07 Å². The Morgan fingerprint density at radius 3 is 2.76 bits per heavy atom. The van der Waals surface area contributed by atoms with E-state index in [1.54, 1.807) is 18.0 Å². The molecule has 5 N–H and O–H groups in total. The van der Waals surface area contributed by atoms with Crippen LogP contribution >= 0.6 is 27.7 Å². The van der Waals surface area contributed by atoms with Crippen molar-refractivity contribution in [1.29, 1.82) is 0 Å². The number of nitrogens with one attached hydrogen (secondary N) is 5. The van der Waals surface area contributed by atoms with Crippen molar-refractivity contribution in [3.8, 4) is 0 Å². The van der Waals surface area contributed by atoms with Gasteiger partial charge in [-0.3, -0.25) is 9.59 Å². The van der Waals surface area contributed by atoms with Crippen molar-refractivity contribution in [1.82, 2.24) is 25.5 Å². The van der Waals surface area contributed by atoms with E-state index in [1.807, 2.05) is 35.4 Å². The quantitative estimate of drug-likeness (QED) is 0.166. The number of amides is 4. The minimum absolute atomic E-state index is 0.0901. The lowest BCUT2D eigenvalue weighted by molar-refractivity contribution is -0.125. The minimum Gasteiger partial charge on any atom is -0.369 e. The molecule has 11 nitrogen and oxygen atoms in total. The van der Waals surface area contributed by atoms with Crippen molar-refractivity contribution in [2.75, 3.05) is 54.1 Å². The molecule has 0 bridgehead atoms. The number of hydrogen-bond acceptors (Lipinski definition) is 8. The Kier molecular flexibility index (Phi) is 11.8. The van der Waals surface area contributed by atoms with Crippen molar-refractivity contribution < 1.29 is 14.4 Å². The van der Waals surface area contributed by atoms with Gasteiger partial charge in [0.05, 0.1) is 4.47 Å². The summed E-state index contributed by atoms with van der Waals surface area (Å²) in [7, 11) is 0. The SMILES string of the molecule is CSCC[C@H](NC=O)C(=O)NCCCNc1nc(Nc2cccc(NC(=O)N3CCCC3)c2)ncc1Br. The van der Waals surface area contributed by atoms with Crippen molar-refractivity contribution in [3.63, 3.8) is 0 Å². The number of urea groups is 1. The molecule has 2 heterocycles. The van der Waals surface area contributed by atoms with Crippen LogP contribution in [-0.4, -0.2) is 77.4 Å². The fourth-order valence-electron chi connectivity index (χ4n) is 3.72. The van der Waals surface area contributed by atoms with Gasteiger partial charge in [0.2, 0.25) is 18.3 Å². The number of thioether (sulfide) groups is 1. The first-order chi connectivity index (χ1) is 18.0. The highest BCUT2D eigenvalue weighted by Gasteiger charge is 2.18. The van der Waals surface area contributed by atoms with E-state index in [1.165, 1.54) is 0 Å². The van der Waals surface area contributed by atoms with Crippen molar-refractivity contribution in [2.45, 2.75) is 31.7 Å². The Morgan fingerprint density at radius 2 is 2.00 bits per heavy atom. The predicted molar refractivity (Wildman–Crippen MR) is 151 cm³/mol. The van der Waals surface area contributed by atoms with Crippen LogP contribution in [0.5, 0.6) is 0 Å². The molecule has 0 unspecified atom stereocenters. The highest BCUT2D eigenvalue weighted by molar-refractivity contribution is 9.10. The summed E-state index contributed by atoms with van der Waals surface area (Å²) in [6.45, 7) is 2.61. The Morgan fingerprint density at radius 1 is 1.22 bits per heavy atom. The van der Waals surface area contributed by atoms with E-state index >= 15 is 0 Å². The third-order valence-corrected chi connectivity index (χ3v) is 6.87. The average molecular weight is 594 g/mol. The van der Waals surface area contributed by atoms with Gasteiger partial charge in [0, 0.05) is 43.8 Å². The molecule has 0 spiro atoms. The van der Waals surface area contributed by atoms with Gasteiger partial charge in [0.1, 0.15) is 11.9 Å². The largest absolute Gasteiger partial charge is 0.369 e. The van der Waals surface area contributed by atoms with Gasteiger partial charge >= 0.3 is 6.03 Å². The molecular weight excluding hydrogens is 560 g/mol. The Bertz CT molecular complexity index is 1050. The normalized spacial score (nSPS) is 13.5. The second-order valence-electron chi connectivity index (χ2n) is 8.41. The van der Waals surface area contributed by atoms with E-state index in [2.05, 4.69) is 52.5 Å². The Hall–Kier alpha value is -3.06. The summed E-state index contributed by atoms with van der Waals surface area (Å²) >= 11 is 5.09. The predicted octanol–water partition coefficient (Wildman–Crippen LogP) is 3.40. The number of rotatable bonds is 14. The molecule has 0 saturated carbocycles. The number of carbonyl (C=O) groups is 3. The lowest BCUT2D eigenvalue weighted by atomic mass is 10.2. The van der Waals surface area contributed by atoms with Gasteiger partial charge in [0.25, 0.3) is 0 Å². The molecule has 1 saturated heterocycles. The van der Waals surface area contributed by atoms with Gasteiger partial charge in [-0.2, -0.15) is 16.7 Å². The molecule has 0 radical (unpaired) electrons. The molecule has 1 aliphatic rings. The van der Waals surface area contributed by atoms with Crippen LogP contribution in [-0.2, 0) is 9.59 Å². The van der Waals surface area contributed by atoms with Crippen LogP contribution in [0.1, 0.15) is 25.7 Å². The van der Waals surface area contributed by atoms with E-state index in [9.17, 15) is 14.4 Å². The molecule has 13 heteroatoms. The molecule has 1 fully saturated rings. The summed E-state index contributed by atoms with van der Waals surface area (Å²) in [5.74, 6) is 1.62. The van der Waals surface area contributed by atoms with Crippen molar-refractivity contribution in [2.24, 2.45) is 0 Å². The van der Waals surface area contributed by atoms with Gasteiger partial charge < -0.3 is 31.5 Å². The first-order valence-corrected chi connectivity index (χ1v) is 14.3. The zero-order valence-electron chi connectivity index (χ0n) is 20.8. The topological polar surface area (TPSA) is 140 Å². The highest BCUT2D eigenvalue weighted by Crippen LogP contribution is 2.23. The lowest BCUT2D eigenvalue weighted by Crippen LogP contribution is -2.44. The monoisotopic (exact) mass is 592 g/mol. The fourth-order valence-corrected chi connectivity index (χ4v) is 4.52. The van der Waals surface area contributed by atoms with Gasteiger partial charge in [-0.15, -0.1) is 0 Å². The molecule has 1 aliphatic heterocycles. The smallest absolute Gasteiger partial charge is 0.321 e. The van der Waals surface area contributed by atoms with Crippen LogP contribution in [0.15, 0.2) is 34.9 Å². The van der Waals surface area contributed by atoms with Crippen LogP contribution in [0.3, 0.4) is 0 Å². The number of likely N-dealkylation sites (tertiary alicyclic amines) is 1. The van der Waals surface area contributed by atoms with Crippen LogP contribution < -0.4 is 26.6 Å². The number of aromatic nitrogens is 2. The van der Waals surface area contributed by atoms with E-state index in [0.29, 0.717) is 54.3 Å². The molecule has 0 aliphatic carbocycles. The molecule has 200 valence electrons. The Balaban J connectivity index is 1.47. The third kappa shape index (κ3) is 9.39. The average Bonchev–Trinajstić information content (AvgIpc) is 3.43. The van der Waals surface area contributed by atoms with Gasteiger partial charge in [-0.05, 0) is 71.8 Å². The molecule has 1 atom stereocenters. The number of hydrogen-bond donors (Lipinski definition) is 5. The van der Waals surface area contributed by atoms with Crippen molar-refractivity contribution in [3.05, 3.63) is 34.9 Å². The number of benzene rings is 1. The van der Waals surface area contributed by atoms with E-state index in [0.717, 1.165) is 37.4 Å². The molecule has 37 heavy (non-hydrogen) atoms. The summed E-state index contributed by atoms with van der Waals surface area (Å²) in [4.78, 5) is 46.0. The zero-order valence-corrected chi connectivity index (χ0v) is 23.2. The van der Waals surface area contributed by atoms with Crippen LogP contribution in [0.2, 0.25) is 0 Å². The third-order valence-electron chi connectivity index (χ3n) is 5.65. The fraction of sp³-hybridized carbons (Fsp3) is 0.458. The van der Waals surface area contributed by atoms with Crippen LogP contribution in [0.25, 0.3) is 0 Å². The molecular formula is C24H33BrN8O3S. The number of halogens is 1. The van der Waals surface area contributed by atoms with Crippen LogP contribution in [0, 0.1) is 0 Å². The van der Waals surface area contributed by atoms with Gasteiger partial charge in [0.15, 0.2) is 0 Å². The molecule has 3 rings (SSSR count). The van der Waals surface area contributed by atoms with E-state index < -0.39 is 6.04 Å². The molecule has 1 aromatic heterocycles. The zero-order chi connectivity index (χ0) is 26.5. The summed E-state index contributed by atoms with van der Waals surface area (Å²) < 4.78 is 0.709. The number of nitrogens with zero attached hydrogens (tertiary/aromatic N) is 3. The van der Waals surface area contributed by atoms with Gasteiger partial charge in [-0.25, -0.2) is 9.78 Å². The second kappa shape index (κ2) is 15.3. The maximum atomic E-state index is 12.4. The molecule has 2 aromatic rings. The maximum absolute atomic E-state index is 12.4. The van der Waals surface area contributed by atoms with Crippen LogP contribution in [0.4, 0.5) is 27.9 Å². The highest BCUT2D eigenvalue weighted by atomic mass is 79.9. The standard InChI is InChI=1S/C24H33BrN8O3S/c1-37-13-8-20(29-16-34)22(35)27-10-5-9-26-21-19(25)15-28-23(32-21)30-17-6-4-7-18(14-17)31-24(36)33-11-2-3-12-33/h4,6-7,14-16,20H,2-3,5,8-13H2,1H3,(H,27,35)(H,29,34)(H,31,36)(H2,26,28,30,32)/t20-/m0/s1. The van der Waals surface area contributed by atoms with E-state index in [4.69, 9.17) is 0 Å². The first kappa shape index (κ1) is 28.5. The summed E-state index contributed by atoms with van der Waals surface area (Å²) in [6.07, 6.45) is 7.50. The second-order valence-corrected chi connectivity index (χ2v) is 10.3. The van der Waals surface area contributed by atoms with E-state index in [-0.39, 0.29) is 11.9 Å². The first-order valence-electron chi connectivity index (χ1n) is 12.2. The molecule has 4 amide bonds. The summed E-state index contributed by atoms with van der Waals surface area (Å²) in [6, 6.07) is 6.79. The minimum atomic E-state index is -0.519.